The monoisotopic (exact) mass is 287 g/mol. The molecule has 1 heterocycles. The maximum absolute atomic E-state index is 10.7. The molecule has 21 heavy (non-hydrogen) atoms. The van der Waals surface area contributed by atoms with E-state index in [0.29, 0.717) is 11.5 Å². The molecule has 1 aromatic carbocycles. The molecule has 0 aliphatic heterocycles. The van der Waals surface area contributed by atoms with Crippen LogP contribution in [0.3, 0.4) is 0 Å². The third-order valence-corrected chi connectivity index (χ3v) is 2.95. The number of methoxy groups -OCH3 is 2. The number of hydrogen-bond donors (Lipinski definition) is 1. The van der Waals surface area contributed by atoms with Gasteiger partial charge in [-0.2, -0.15) is 0 Å². The van der Waals surface area contributed by atoms with Crippen molar-refractivity contribution in [1.29, 1.82) is 0 Å². The molecule has 0 fully saturated rings. The Morgan fingerprint density at radius 2 is 1.90 bits per heavy atom. The second-order valence-corrected chi connectivity index (χ2v) is 4.33. The molecular weight excluding hydrogens is 270 g/mol. The van der Waals surface area contributed by atoms with Gasteiger partial charge in [0, 0.05) is 31.4 Å². The van der Waals surface area contributed by atoms with Crippen molar-refractivity contribution in [3.63, 3.8) is 0 Å². The summed E-state index contributed by atoms with van der Waals surface area (Å²) < 4.78 is 16.3. The van der Waals surface area contributed by atoms with E-state index in [1.54, 1.807) is 20.3 Å². The van der Waals surface area contributed by atoms with Crippen LogP contribution in [0.5, 0.6) is 0 Å². The molecule has 1 amide bonds. The first-order valence-electron chi connectivity index (χ1n) is 6.38. The van der Waals surface area contributed by atoms with Gasteiger partial charge in [0.05, 0.1) is 0 Å². The van der Waals surface area contributed by atoms with E-state index >= 15 is 0 Å². The fourth-order valence-electron chi connectivity index (χ4n) is 2.03. The molecule has 0 unspecified atom stereocenters. The van der Waals surface area contributed by atoms with E-state index in [0.717, 1.165) is 11.1 Å². The molecule has 0 atom stereocenters. The number of amides is 1. The van der Waals surface area contributed by atoms with Gasteiger partial charge in [-0.1, -0.05) is 24.3 Å². The van der Waals surface area contributed by atoms with Crippen LogP contribution in [0.15, 0.2) is 46.9 Å². The zero-order chi connectivity index (χ0) is 15.2. The van der Waals surface area contributed by atoms with Crippen molar-refractivity contribution < 1.29 is 18.7 Å². The second kappa shape index (κ2) is 6.88. The van der Waals surface area contributed by atoms with E-state index in [4.69, 9.17) is 19.6 Å². The number of rotatable bonds is 6. The average Bonchev–Trinajstić information content (AvgIpc) is 2.96. The third-order valence-electron chi connectivity index (χ3n) is 2.95. The largest absolute Gasteiger partial charge is 0.457 e. The molecule has 2 rings (SSSR count). The molecule has 5 nitrogen and oxygen atoms in total. The Labute approximate surface area is 123 Å². The maximum Gasteiger partial charge on any atom is 0.241 e. The number of nitrogens with two attached hydrogens (primary N) is 1. The van der Waals surface area contributed by atoms with Crippen LogP contribution < -0.4 is 5.73 Å². The first-order valence-corrected chi connectivity index (χ1v) is 6.38. The lowest BCUT2D eigenvalue weighted by atomic mass is 10.1. The van der Waals surface area contributed by atoms with Gasteiger partial charge in [-0.05, 0) is 18.2 Å². The molecule has 0 aliphatic carbocycles. The standard InChI is InChI=1S/C16H17NO4/c1-19-16(20-2)13-6-4-3-5-12(13)14-9-7-11(21-14)8-10-15(17)18/h3-10,16H,1-2H3,(H2,17,18)/b10-8-. The van der Waals surface area contributed by atoms with Gasteiger partial charge < -0.3 is 19.6 Å². The fraction of sp³-hybridized carbons (Fsp3) is 0.188. The highest BCUT2D eigenvalue weighted by Crippen LogP contribution is 2.31. The molecule has 0 aliphatic rings. The molecule has 2 N–H and O–H groups in total. The van der Waals surface area contributed by atoms with E-state index in [9.17, 15) is 4.79 Å². The van der Waals surface area contributed by atoms with E-state index in [2.05, 4.69) is 0 Å². The SMILES string of the molecule is COC(OC)c1ccccc1-c1ccc(/C=C\C(N)=O)o1. The number of primary amides is 1. The number of carbonyl (C=O) groups is 1. The summed E-state index contributed by atoms with van der Waals surface area (Å²) in [6, 6.07) is 11.2. The summed E-state index contributed by atoms with van der Waals surface area (Å²) in [5, 5.41) is 0. The quantitative estimate of drug-likeness (QED) is 0.655. The van der Waals surface area contributed by atoms with Gasteiger partial charge in [0.1, 0.15) is 11.5 Å². The summed E-state index contributed by atoms with van der Waals surface area (Å²) in [6.07, 6.45) is 2.30. The van der Waals surface area contributed by atoms with Crippen molar-refractivity contribution in [3.05, 3.63) is 53.8 Å². The lowest BCUT2D eigenvalue weighted by molar-refractivity contribution is -0.113. The molecule has 0 spiro atoms. The van der Waals surface area contributed by atoms with Crippen LogP contribution in [0.2, 0.25) is 0 Å². The van der Waals surface area contributed by atoms with Crippen LogP contribution in [0.1, 0.15) is 17.6 Å². The van der Waals surface area contributed by atoms with Crippen LogP contribution in [0.4, 0.5) is 0 Å². The van der Waals surface area contributed by atoms with Gasteiger partial charge in [0.2, 0.25) is 5.91 Å². The predicted octanol–water partition coefficient (Wildman–Crippen LogP) is 2.74. The first-order chi connectivity index (χ1) is 10.2. The molecule has 110 valence electrons. The Hall–Kier alpha value is -2.37. The Morgan fingerprint density at radius 1 is 1.19 bits per heavy atom. The minimum absolute atomic E-state index is 0.476. The molecule has 0 radical (unpaired) electrons. The van der Waals surface area contributed by atoms with Crippen LogP contribution in [-0.2, 0) is 14.3 Å². The number of furan rings is 1. The summed E-state index contributed by atoms with van der Waals surface area (Å²) >= 11 is 0. The average molecular weight is 287 g/mol. The first kappa shape index (κ1) is 15.0. The van der Waals surface area contributed by atoms with Gasteiger partial charge in [-0.15, -0.1) is 0 Å². The topological polar surface area (TPSA) is 74.7 Å². The Bertz CT molecular complexity index is 641. The highest BCUT2D eigenvalue weighted by molar-refractivity contribution is 5.89. The summed E-state index contributed by atoms with van der Waals surface area (Å²) in [4.78, 5) is 10.7. The van der Waals surface area contributed by atoms with Crippen LogP contribution in [-0.4, -0.2) is 20.1 Å². The minimum atomic E-state index is -0.521. The number of benzene rings is 1. The van der Waals surface area contributed by atoms with Gasteiger partial charge in [-0.25, -0.2) is 0 Å². The number of carbonyl (C=O) groups excluding carboxylic acids is 1. The van der Waals surface area contributed by atoms with Crippen molar-refractivity contribution in [3.8, 4) is 11.3 Å². The third kappa shape index (κ3) is 3.59. The number of hydrogen-bond acceptors (Lipinski definition) is 4. The van der Waals surface area contributed by atoms with Crippen LogP contribution in [0, 0.1) is 0 Å². The van der Waals surface area contributed by atoms with Crippen molar-refractivity contribution in [2.75, 3.05) is 14.2 Å². The molecule has 5 heteroatoms. The summed E-state index contributed by atoms with van der Waals surface area (Å²) in [7, 11) is 3.15. The Morgan fingerprint density at radius 3 is 2.57 bits per heavy atom. The normalized spacial score (nSPS) is 11.4. The number of ether oxygens (including phenoxy) is 2. The zero-order valence-electron chi connectivity index (χ0n) is 11.9. The maximum atomic E-state index is 10.7. The molecule has 0 bridgehead atoms. The van der Waals surface area contributed by atoms with Crippen LogP contribution >= 0.6 is 0 Å². The lowest BCUT2D eigenvalue weighted by Crippen LogP contribution is -2.05. The summed E-state index contributed by atoms with van der Waals surface area (Å²) in [5.74, 6) is 0.686. The summed E-state index contributed by atoms with van der Waals surface area (Å²) in [5.41, 5.74) is 6.79. The molecule has 1 aromatic heterocycles. The van der Waals surface area contributed by atoms with Crippen molar-refractivity contribution in [1.82, 2.24) is 0 Å². The van der Waals surface area contributed by atoms with Crippen molar-refractivity contribution in [2.24, 2.45) is 5.73 Å². The van der Waals surface area contributed by atoms with E-state index in [-0.39, 0.29) is 0 Å². The van der Waals surface area contributed by atoms with E-state index in [1.807, 2.05) is 30.3 Å². The lowest BCUT2D eigenvalue weighted by Gasteiger charge is -2.16. The summed E-state index contributed by atoms with van der Waals surface area (Å²) in [6.45, 7) is 0. The van der Waals surface area contributed by atoms with Gasteiger partial charge in [0.15, 0.2) is 6.29 Å². The minimum Gasteiger partial charge on any atom is -0.457 e. The molecule has 0 saturated carbocycles. The van der Waals surface area contributed by atoms with Gasteiger partial charge >= 0.3 is 0 Å². The second-order valence-electron chi connectivity index (χ2n) is 4.33. The molecular formula is C16H17NO4. The van der Waals surface area contributed by atoms with E-state index < -0.39 is 12.2 Å². The van der Waals surface area contributed by atoms with Crippen molar-refractivity contribution >= 4 is 12.0 Å². The smallest absolute Gasteiger partial charge is 0.241 e. The van der Waals surface area contributed by atoms with E-state index in [1.165, 1.54) is 12.2 Å². The Kier molecular flexibility index (Phi) is 4.92. The highest BCUT2D eigenvalue weighted by atomic mass is 16.7. The zero-order valence-corrected chi connectivity index (χ0v) is 11.9. The predicted molar refractivity (Wildman–Crippen MR) is 79.1 cm³/mol. The van der Waals surface area contributed by atoms with Crippen molar-refractivity contribution in [2.45, 2.75) is 6.29 Å². The van der Waals surface area contributed by atoms with Gasteiger partial charge in [-0.3, -0.25) is 4.79 Å². The van der Waals surface area contributed by atoms with Crippen LogP contribution in [0.25, 0.3) is 17.4 Å². The Balaban J connectivity index is 2.36. The van der Waals surface area contributed by atoms with Gasteiger partial charge in [0.25, 0.3) is 0 Å². The molecule has 0 saturated heterocycles. The highest BCUT2D eigenvalue weighted by Gasteiger charge is 2.16. The fourth-order valence-corrected chi connectivity index (χ4v) is 2.03. The molecule has 2 aromatic rings.